The van der Waals surface area contributed by atoms with E-state index in [2.05, 4.69) is 13.8 Å². The molecular formula is C25H35N3O4S. The zero-order valence-electron chi connectivity index (χ0n) is 19.9. The zero-order chi connectivity index (χ0) is 23.8. The number of pyridine rings is 1. The van der Waals surface area contributed by atoms with Crippen molar-refractivity contribution in [2.75, 3.05) is 26.2 Å². The number of likely N-dealkylation sites (tertiary alicyclic amines) is 1. The Kier molecular flexibility index (Phi) is 6.96. The number of fused-ring (bicyclic) bond motifs is 1. The molecule has 180 valence electrons. The minimum atomic E-state index is -3.69. The van der Waals surface area contributed by atoms with E-state index >= 15 is 0 Å². The van der Waals surface area contributed by atoms with Crippen molar-refractivity contribution >= 4 is 26.8 Å². The minimum Gasteiger partial charge on any atom is -0.347 e. The fourth-order valence-electron chi connectivity index (χ4n) is 5.38. The van der Waals surface area contributed by atoms with Gasteiger partial charge >= 0.3 is 0 Å². The monoisotopic (exact) mass is 473 g/mol. The number of sulfonamides is 1. The van der Waals surface area contributed by atoms with Gasteiger partial charge in [0, 0.05) is 44.3 Å². The smallest absolute Gasteiger partial charge is 0.259 e. The van der Waals surface area contributed by atoms with Gasteiger partial charge in [0.2, 0.25) is 15.5 Å². The van der Waals surface area contributed by atoms with Crippen LogP contribution in [0.1, 0.15) is 63.2 Å². The summed E-state index contributed by atoms with van der Waals surface area (Å²) in [6, 6.07) is 4.76. The zero-order valence-corrected chi connectivity index (χ0v) is 20.7. The average Bonchev–Trinajstić information content (AvgIpc) is 3.08. The van der Waals surface area contributed by atoms with Crippen LogP contribution < -0.4 is 5.43 Å². The Labute approximate surface area is 196 Å². The number of hydrogen-bond donors (Lipinski definition) is 0. The van der Waals surface area contributed by atoms with Gasteiger partial charge in [0.15, 0.2) is 0 Å². The van der Waals surface area contributed by atoms with Gasteiger partial charge in [-0.05, 0) is 56.2 Å². The normalized spacial score (nSPS) is 22.9. The number of carbonyl (C=O) groups is 1. The Morgan fingerprint density at radius 3 is 2.27 bits per heavy atom. The molecule has 0 unspecified atom stereocenters. The molecule has 0 saturated carbocycles. The van der Waals surface area contributed by atoms with Crippen molar-refractivity contribution in [1.29, 1.82) is 0 Å². The molecule has 1 aromatic heterocycles. The second-order valence-electron chi connectivity index (χ2n) is 9.81. The van der Waals surface area contributed by atoms with Crippen LogP contribution in [0, 0.1) is 11.8 Å². The first-order valence-corrected chi connectivity index (χ1v) is 13.6. The number of hydrogen-bond acceptors (Lipinski definition) is 4. The molecule has 1 aromatic carbocycles. The third-order valence-corrected chi connectivity index (χ3v) is 8.88. The lowest BCUT2D eigenvalue weighted by atomic mass is 9.91. The Morgan fingerprint density at radius 2 is 1.67 bits per heavy atom. The highest BCUT2D eigenvalue weighted by atomic mass is 32.2. The summed E-state index contributed by atoms with van der Waals surface area (Å²) < 4.78 is 30.1. The number of benzene rings is 1. The molecule has 2 aromatic rings. The van der Waals surface area contributed by atoms with Gasteiger partial charge in [-0.3, -0.25) is 9.59 Å². The number of piperidine rings is 1. The number of aryl methyl sites for hydroxylation is 1. The first-order valence-electron chi connectivity index (χ1n) is 12.2. The van der Waals surface area contributed by atoms with Crippen LogP contribution in [0.4, 0.5) is 0 Å². The number of amides is 1. The highest BCUT2D eigenvalue weighted by Crippen LogP contribution is 2.25. The van der Waals surface area contributed by atoms with E-state index in [9.17, 15) is 18.0 Å². The van der Waals surface area contributed by atoms with Crippen LogP contribution in [-0.2, 0) is 16.6 Å². The summed E-state index contributed by atoms with van der Waals surface area (Å²) in [5.74, 6) is 0.511. The molecule has 2 saturated heterocycles. The average molecular weight is 474 g/mol. The molecule has 1 amide bonds. The molecule has 7 nitrogen and oxygen atoms in total. The molecule has 4 rings (SSSR count). The van der Waals surface area contributed by atoms with Gasteiger partial charge in [0.05, 0.1) is 10.4 Å². The van der Waals surface area contributed by atoms with Gasteiger partial charge < -0.3 is 9.47 Å². The summed E-state index contributed by atoms with van der Waals surface area (Å²) in [4.78, 5) is 28.8. The largest absolute Gasteiger partial charge is 0.347 e. The second kappa shape index (κ2) is 9.58. The molecule has 33 heavy (non-hydrogen) atoms. The van der Waals surface area contributed by atoms with E-state index in [-0.39, 0.29) is 21.8 Å². The van der Waals surface area contributed by atoms with Gasteiger partial charge in [0.1, 0.15) is 5.56 Å². The predicted molar refractivity (Wildman–Crippen MR) is 130 cm³/mol. The van der Waals surface area contributed by atoms with Crippen molar-refractivity contribution in [2.24, 2.45) is 11.8 Å². The molecule has 8 heteroatoms. The predicted octanol–water partition coefficient (Wildman–Crippen LogP) is 3.70. The van der Waals surface area contributed by atoms with E-state index in [1.54, 1.807) is 23.2 Å². The standard InChI is InChI=1S/C25H35N3O4S/c1-4-26-17-22(25(30)27-15-18(2)13-19(3)16-27)24(29)21-14-20(9-10-23(21)26)33(31,32)28-11-7-5-6-8-12-28/h9-10,14,17-19H,4-8,11-13,15-16H2,1-3H3/t18-,19-/m1/s1. The van der Waals surface area contributed by atoms with Crippen LogP contribution in [-0.4, -0.2) is 54.3 Å². The molecule has 0 radical (unpaired) electrons. The third-order valence-electron chi connectivity index (χ3n) is 6.98. The Hall–Kier alpha value is -2.19. The fraction of sp³-hybridized carbons (Fsp3) is 0.600. The SMILES string of the molecule is CCn1cc(C(=O)N2C[C@H](C)C[C@@H](C)C2)c(=O)c2cc(S(=O)(=O)N3CCCCCC3)ccc21. The van der Waals surface area contributed by atoms with Gasteiger partial charge in [-0.15, -0.1) is 0 Å². The van der Waals surface area contributed by atoms with Crippen molar-refractivity contribution in [2.45, 2.75) is 64.3 Å². The maximum atomic E-state index is 13.5. The summed E-state index contributed by atoms with van der Waals surface area (Å²) >= 11 is 0. The number of aromatic nitrogens is 1. The van der Waals surface area contributed by atoms with Gasteiger partial charge in [-0.1, -0.05) is 26.7 Å². The first-order chi connectivity index (χ1) is 15.7. The first kappa shape index (κ1) is 24.0. The molecule has 0 bridgehead atoms. The maximum absolute atomic E-state index is 13.5. The quantitative estimate of drug-likeness (QED) is 0.678. The van der Waals surface area contributed by atoms with Crippen LogP contribution in [0.5, 0.6) is 0 Å². The molecule has 2 fully saturated rings. The fourth-order valence-corrected chi connectivity index (χ4v) is 6.93. The van der Waals surface area contributed by atoms with Gasteiger partial charge in [-0.25, -0.2) is 8.42 Å². The van der Waals surface area contributed by atoms with E-state index in [0.29, 0.717) is 50.1 Å². The van der Waals surface area contributed by atoms with Crippen LogP contribution in [0.25, 0.3) is 10.9 Å². The van der Waals surface area contributed by atoms with Gasteiger partial charge in [0.25, 0.3) is 5.91 Å². The summed E-state index contributed by atoms with van der Waals surface area (Å²) in [6.07, 6.45) is 6.47. The molecule has 0 N–H and O–H groups in total. The van der Waals surface area contributed by atoms with E-state index in [0.717, 1.165) is 32.1 Å². The van der Waals surface area contributed by atoms with Crippen LogP contribution >= 0.6 is 0 Å². The van der Waals surface area contributed by atoms with Crippen molar-refractivity contribution in [3.8, 4) is 0 Å². The highest BCUT2D eigenvalue weighted by Gasteiger charge is 2.29. The van der Waals surface area contributed by atoms with Crippen molar-refractivity contribution in [1.82, 2.24) is 13.8 Å². The van der Waals surface area contributed by atoms with E-state index < -0.39 is 15.5 Å². The molecule has 2 atom stereocenters. The van der Waals surface area contributed by atoms with E-state index in [1.807, 2.05) is 11.5 Å². The molecule has 2 aliphatic rings. The minimum absolute atomic E-state index is 0.120. The van der Waals surface area contributed by atoms with Crippen molar-refractivity contribution in [3.63, 3.8) is 0 Å². The van der Waals surface area contributed by atoms with Crippen LogP contribution in [0.15, 0.2) is 34.1 Å². The molecule has 0 spiro atoms. The van der Waals surface area contributed by atoms with E-state index in [1.165, 1.54) is 10.4 Å². The highest BCUT2D eigenvalue weighted by molar-refractivity contribution is 7.89. The van der Waals surface area contributed by atoms with Crippen LogP contribution in [0.2, 0.25) is 0 Å². The summed E-state index contributed by atoms with van der Waals surface area (Å²) in [6.45, 7) is 9.05. The van der Waals surface area contributed by atoms with Crippen LogP contribution in [0.3, 0.4) is 0 Å². The maximum Gasteiger partial charge on any atom is 0.259 e. The molecular weight excluding hydrogens is 438 g/mol. The number of nitrogens with zero attached hydrogens (tertiary/aromatic N) is 3. The third kappa shape index (κ3) is 4.73. The second-order valence-corrected chi connectivity index (χ2v) is 11.7. The lowest BCUT2D eigenvalue weighted by Crippen LogP contribution is -2.44. The Bertz CT molecular complexity index is 1190. The lowest BCUT2D eigenvalue weighted by Gasteiger charge is -2.35. The van der Waals surface area contributed by atoms with Crippen molar-refractivity contribution < 1.29 is 13.2 Å². The number of carbonyl (C=O) groups excluding carboxylic acids is 1. The Morgan fingerprint density at radius 1 is 1.03 bits per heavy atom. The topological polar surface area (TPSA) is 79.7 Å². The summed E-state index contributed by atoms with van der Waals surface area (Å²) in [5.41, 5.74) is 0.378. The van der Waals surface area contributed by atoms with Gasteiger partial charge in [-0.2, -0.15) is 4.31 Å². The summed E-state index contributed by atoms with van der Waals surface area (Å²) in [7, 11) is -3.69. The lowest BCUT2D eigenvalue weighted by molar-refractivity contribution is 0.0621. The molecule has 3 heterocycles. The van der Waals surface area contributed by atoms with Crippen molar-refractivity contribution in [3.05, 3.63) is 40.2 Å². The molecule has 2 aliphatic heterocycles. The number of rotatable bonds is 4. The molecule has 0 aliphatic carbocycles. The Balaban J connectivity index is 1.78. The van der Waals surface area contributed by atoms with E-state index in [4.69, 9.17) is 0 Å². The summed E-state index contributed by atoms with van der Waals surface area (Å²) in [5, 5.41) is 0.289.